The second kappa shape index (κ2) is 10.7. The summed E-state index contributed by atoms with van der Waals surface area (Å²) in [7, 11) is 0. The Labute approximate surface area is 230 Å². The minimum atomic E-state index is -0.527. The molecule has 1 amide bonds. The van der Waals surface area contributed by atoms with Crippen LogP contribution in [0.1, 0.15) is 31.9 Å². The number of hydrogen-bond donors (Lipinski definition) is 2. The summed E-state index contributed by atoms with van der Waals surface area (Å²) in [6.45, 7) is 8.07. The van der Waals surface area contributed by atoms with Crippen LogP contribution in [0.4, 0.5) is 21.9 Å². The minimum Gasteiger partial charge on any atom is -0.494 e. The lowest BCUT2D eigenvalue weighted by Crippen LogP contribution is -2.50. The molecule has 2 aromatic carbocycles. The number of pyridine rings is 1. The van der Waals surface area contributed by atoms with Crippen molar-refractivity contribution in [3.8, 4) is 5.88 Å². The van der Waals surface area contributed by atoms with E-state index in [2.05, 4.69) is 14.9 Å². The Morgan fingerprint density at radius 3 is 2.45 bits per heavy atom. The number of rotatable bonds is 5. The monoisotopic (exact) mass is 542 g/mol. The van der Waals surface area contributed by atoms with Gasteiger partial charge in [-0.05, 0) is 63.2 Å². The predicted molar refractivity (Wildman–Crippen MR) is 153 cm³/mol. The van der Waals surface area contributed by atoms with Crippen LogP contribution in [-0.4, -0.2) is 68.5 Å². The van der Waals surface area contributed by atoms with Crippen molar-refractivity contribution >= 4 is 39.8 Å². The molecule has 40 heavy (non-hydrogen) atoms. The van der Waals surface area contributed by atoms with E-state index in [0.29, 0.717) is 59.6 Å². The van der Waals surface area contributed by atoms with Crippen LogP contribution in [0.3, 0.4) is 0 Å². The van der Waals surface area contributed by atoms with Crippen LogP contribution in [0.5, 0.6) is 5.88 Å². The van der Waals surface area contributed by atoms with E-state index in [1.165, 1.54) is 12.1 Å². The fourth-order valence-electron chi connectivity index (χ4n) is 4.63. The molecule has 1 aliphatic rings. The molecule has 0 radical (unpaired) electrons. The summed E-state index contributed by atoms with van der Waals surface area (Å²) in [6, 6.07) is 15.7. The number of amides is 1. The molecule has 0 bridgehead atoms. The number of anilines is 1. The maximum Gasteiger partial charge on any atom is 0.410 e. The van der Waals surface area contributed by atoms with E-state index in [0.717, 1.165) is 5.69 Å². The number of non-ortho nitro benzene ring substituents is 1. The number of nitrogens with zero attached hydrogens (tertiary/aromatic N) is 5. The van der Waals surface area contributed by atoms with E-state index < -0.39 is 10.5 Å². The molecule has 0 unspecified atom stereocenters. The number of benzene rings is 2. The van der Waals surface area contributed by atoms with Gasteiger partial charge in [-0.3, -0.25) is 15.1 Å². The van der Waals surface area contributed by atoms with Gasteiger partial charge in [-0.15, -0.1) is 0 Å². The third-order valence-corrected chi connectivity index (χ3v) is 6.53. The molecule has 11 nitrogen and oxygen atoms in total. The molecule has 1 fully saturated rings. The number of ether oxygens (including phenoxy) is 1. The molecule has 11 heteroatoms. The van der Waals surface area contributed by atoms with Gasteiger partial charge < -0.3 is 24.6 Å². The zero-order valence-electron chi connectivity index (χ0n) is 22.5. The van der Waals surface area contributed by atoms with E-state index in [1.54, 1.807) is 29.4 Å². The summed E-state index contributed by atoms with van der Waals surface area (Å²) < 4.78 is 5.49. The molecule has 4 aromatic rings. The van der Waals surface area contributed by atoms with Crippen LogP contribution in [0.15, 0.2) is 72.0 Å². The lowest BCUT2D eigenvalue weighted by molar-refractivity contribution is -0.384. The number of aromatic hydroxyl groups is 1. The highest BCUT2D eigenvalue weighted by Gasteiger charge is 2.26. The molecule has 0 saturated carbocycles. The van der Waals surface area contributed by atoms with Crippen LogP contribution in [0, 0.1) is 10.1 Å². The minimum absolute atomic E-state index is 0.0808. The Hall–Kier alpha value is -4.93. The number of nitrogens with one attached hydrogen (secondary N) is 1. The Balaban J connectivity index is 1.41. The highest BCUT2D eigenvalue weighted by molar-refractivity contribution is 6.21. The summed E-state index contributed by atoms with van der Waals surface area (Å²) in [5, 5.41) is 22.7. The molecule has 0 atom stereocenters. The average molecular weight is 543 g/mol. The van der Waals surface area contributed by atoms with Crippen molar-refractivity contribution in [1.29, 1.82) is 0 Å². The lowest BCUT2D eigenvalue weighted by atomic mass is 10.0. The second-order valence-corrected chi connectivity index (χ2v) is 10.5. The quantitative estimate of drug-likeness (QED) is 0.196. The Kier molecular flexibility index (Phi) is 7.12. The number of aromatic nitrogens is 2. The first-order valence-corrected chi connectivity index (χ1v) is 12.9. The smallest absolute Gasteiger partial charge is 0.410 e. The fraction of sp³-hybridized carbons (Fsp3) is 0.276. The largest absolute Gasteiger partial charge is 0.494 e. The zero-order chi connectivity index (χ0) is 28.4. The number of aliphatic imine (C=N–C) groups is 1. The molecule has 5 rings (SSSR count). The summed E-state index contributed by atoms with van der Waals surface area (Å²) >= 11 is 0. The van der Waals surface area contributed by atoms with Crippen molar-refractivity contribution in [2.24, 2.45) is 4.99 Å². The number of carbonyl (C=O) groups is 1. The van der Waals surface area contributed by atoms with Crippen molar-refractivity contribution < 1.29 is 19.6 Å². The SMILES string of the molecule is CC(C)(C)OC(=O)N1CCN(c2ccc(N=C(c3cccnc3)c3c(O)[nH]c4cc([N+](=O)[O-])ccc34)cc2)CC1. The number of nitro benzene ring substituents is 1. The van der Waals surface area contributed by atoms with Gasteiger partial charge in [0.25, 0.3) is 5.69 Å². The number of nitro groups is 1. The van der Waals surface area contributed by atoms with Gasteiger partial charge in [0.2, 0.25) is 0 Å². The highest BCUT2D eigenvalue weighted by atomic mass is 16.6. The summed E-state index contributed by atoms with van der Waals surface area (Å²) in [5.74, 6) is -0.141. The number of carbonyl (C=O) groups excluding carboxylic acids is 1. The van der Waals surface area contributed by atoms with Crippen LogP contribution in [0.2, 0.25) is 0 Å². The van der Waals surface area contributed by atoms with E-state index in [9.17, 15) is 20.0 Å². The number of H-pyrrole nitrogens is 1. The first-order valence-electron chi connectivity index (χ1n) is 12.9. The summed E-state index contributed by atoms with van der Waals surface area (Å²) in [6.07, 6.45) is 3.01. The first kappa shape index (κ1) is 26.7. The summed E-state index contributed by atoms with van der Waals surface area (Å²) in [4.78, 5) is 39.0. The maximum absolute atomic E-state index is 12.4. The van der Waals surface area contributed by atoms with Crippen LogP contribution in [0.25, 0.3) is 10.9 Å². The van der Waals surface area contributed by atoms with Crippen molar-refractivity contribution in [1.82, 2.24) is 14.9 Å². The molecule has 0 spiro atoms. The van der Waals surface area contributed by atoms with Crippen molar-refractivity contribution in [3.63, 3.8) is 0 Å². The molecule has 1 saturated heterocycles. The van der Waals surface area contributed by atoms with Gasteiger partial charge in [0.15, 0.2) is 5.88 Å². The molecule has 1 aliphatic heterocycles. The summed E-state index contributed by atoms with van der Waals surface area (Å²) in [5.41, 5.74) is 3.07. The molecular formula is C29H30N6O5. The van der Waals surface area contributed by atoms with Crippen LogP contribution >= 0.6 is 0 Å². The maximum atomic E-state index is 12.4. The molecule has 3 heterocycles. The van der Waals surface area contributed by atoms with Gasteiger partial charge in [0.1, 0.15) is 5.60 Å². The molecular weight excluding hydrogens is 512 g/mol. The van der Waals surface area contributed by atoms with Gasteiger partial charge in [-0.25, -0.2) is 9.79 Å². The second-order valence-electron chi connectivity index (χ2n) is 10.5. The van der Waals surface area contributed by atoms with Crippen molar-refractivity contribution in [2.45, 2.75) is 26.4 Å². The highest BCUT2D eigenvalue weighted by Crippen LogP contribution is 2.33. The third-order valence-electron chi connectivity index (χ3n) is 6.53. The Morgan fingerprint density at radius 1 is 1.10 bits per heavy atom. The standard InChI is InChI=1S/C29H30N6O5/c1-29(2,3)40-28(37)34-15-13-33(14-16-34)21-8-6-20(7-9-21)31-26(19-5-4-12-30-18-19)25-23-11-10-22(35(38)39)17-24(23)32-27(25)36/h4-12,17-18,32,36H,13-16H2,1-3H3. The van der Waals surface area contributed by atoms with Gasteiger partial charge in [-0.2, -0.15) is 0 Å². The van der Waals surface area contributed by atoms with Gasteiger partial charge in [0.05, 0.1) is 27.4 Å². The first-order chi connectivity index (χ1) is 19.1. The van der Waals surface area contributed by atoms with Crippen molar-refractivity contribution in [2.75, 3.05) is 31.1 Å². The van der Waals surface area contributed by atoms with Crippen LogP contribution < -0.4 is 4.90 Å². The van der Waals surface area contributed by atoms with Gasteiger partial charge in [-0.1, -0.05) is 0 Å². The normalized spacial score (nSPS) is 14.4. The zero-order valence-corrected chi connectivity index (χ0v) is 22.5. The molecule has 0 aliphatic carbocycles. The number of piperazine rings is 1. The molecule has 2 aromatic heterocycles. The third kappa shape index (κ3) is 5.73. The Morgan fingerprint density at radius 2 is 1.82 bits per heavy atom. The number of aromatic amines is 1. The van der Waals surface area contributed by atoms with E-state index >= 15 is 0 Å². The Bertz CT molecular complexity index is 1570. The van der Waals surface area contributed by atoms with Crippen LogP contribution in [-0.2, 0) is 4.74 Å². The van der Waals surface area contributed by atoms with E-state index in [1.807, 2.05) is 51.1 Å². The predicted octanol–water partition coefficient (Wildman–Crippen LogP) is 5.40. The molecule has 206 valence electrons. The topological polar surface area (TPSA) is 137 Å². The van der Waals surface area contributed by atoms with E-state index in [-0.39, 0.29) is 17.7 Å². The van der Waals surface area contributed by atoms with Gasteiger partial charge in [0, 0.05) is 67.3 Å². The van der Waals surface area contributed by atoms with Crippen molar-refractivity contribution in [3.05, 3.63) is 88.2 Å². The number of hydrogen-bond acceptors (Lipinski definition) is 8. The average Bonchev–Trinajstić information content (AvgIpc) is 3.26. The fourth-order valence-corrected chi connectivity index (χ4v) is 4.63. The number of fused-ring (bicyclic) bond motifs is 1. The van der Waals surface area contributed by atoms with E-state index in [4.69, 9.17) is 9.73 Å². The molecule has 2 N–H and O–H groups in total. The lowest BCUT2D eigenvalue weighted by Gasteiger charge is -2.36. The van der Waals surface area contributed by atoms with Gasteiger partial charge >= 0.3 is 6.09 Å².